The highest BCUT2D eigenvalue weighted by molar-refractivity contribution is 7.89. The highest BCUT2D eigenvalue weighted by Crippen LogP contribution is 2.29. The van der Waals surface area contributed by atoms with Gasteiger partial charge in [-0.25, -0.2) is 13.1 Å². The van der Waals surface area contributed by atoms with Crippen molar-refractivity contribution in [3.63, 3.8) is 0 Å². The fourth-order valence-corrected chi connectivity index (χ4v) is 4.52. The minimum atomic E-state index is -3.69. The SMILES string of the molecule is CN1CCC(CNS(=O)(=O)c2cc(Cl)cc(CN)c2Cl)C1. The molecule has 0 aliphatic carbocycles. The van der Waals surface area contributed by atoms with Gasteiger partial charge < -0.3 is 10.6 Å². The topological polar surface area (TPSA) is 75.4 Å². The third kappa shape index (κ3) is 4.09. The number of nitrogens with zero attached hydrogens (tertiary/aromatic N) is 1. The van der Waals surface area contributed by atoms with Gasteiger partial charge in [0.1, 0.15) is 4.90 Å². The van der Waals surface area contributed by atoms with Gasteiger partial charge in [-0.1, -0.05) is 23.2 Å². The molecule has 1 fully saturated rings. The third-order valence-electron chi connectivity index (χ3n) is 3.64. The average molecular weight is 352 g/mol. The molecule has 1 heterocycles. The number of halogens is 2. The fraction of sp³-hybridized carbons (Fsp3) is 0.538. The molecule has 5 nitrogen and oxygen atoms in total. The van der Waals surface area contributed by atoms with Crippen LogP contribution in [0.3, 0.4) is 0 Å². The van der Waals surface area contributed by atoms with Crippen LogP contribution in [0.15, 0.2) is 17.0 Å². The molecule has 1 atom stereocenters. The van der Waals surface area contributed by atoms with Crippen molar-refractivity contribution >= 4 is 33.2 Å². The summed E-state index contributed by atoms with van der Waals surface area (Å²) >= 11 is 12.1. The van der Waals surface area contributed by atoms with E-state index in [9.17, 15) is 8.42 Å². The van der Waals surface area contributed by atoms with Crippen LogP contribution >= 0.6 is 23.2 Å². The molecule has 1 aliphatic rings. The van der Waals surface area contributed by atoms with Crippen molar-refractivity contribution in [2.45, 2.75) is 17.9 Å². The van der Waals surface area contributed by atoms with Crippen molar-refractivity contribution in [2.24, 2.45) is 11.7 Å². The lowest BCUT2D eigenvalue weighted by Gasteiger charge is -2.14. The second kappa shape index (κ2) is 6.81. The standard InChI is InChI=1S/C13H19Cl2N3O2S/c1-18-3-2-9(8-18)7-17-21(19,20)12-5-11(14)4-10(6-16)13(12)15/h4-5,9,17H,2-3,6-8,16H2,1H3. The van der Waals surface area contributed by atoms with E-state index in [1.807, 2.05) is 7.05 Å². The molecule has 1 unspecified atom stereocenters. The number of nitrogens with two attached hydrogens (primary N) is 1. The predicted octanol–water partition coefficient (Wildman–Crippen LogP) is 1.68. The van der Waals surface area contributed by atoms with Gasteiger partial charge in [-0.3, -0.25) is 0 Å². The van der Waals surface area contributed by atoms with Crippen LogP contribution in [0.1, 0.15) is 12.0 Å². The van der Waals surface area contributed by atoms with Crippen LogP contribution < -0.4 is 10.5 Å². The summed E-state index contributed by atoms with van der Waals surface area (Å²) in [5.74, 6) is 0.316. The molecule has 0 saturated carbocycles. The lowest BCUT2D eigenvalue weighted by Crippen LogP contribution is -2.31. The summed E-state index contributed by atoms with van der Waals surface area (Å²) in [5, 5.41) is 0.443. The molecule has 1 aromatic carbocycles. The van der Waals surface area contributed by atoms with E-state index in [1.165, 1.54) is 6.07 Å². The van der Waals surface area contributed by atoms with Gasteiger partial charge >= 0.3 is 0 Å². The van der Waals surface area contributed by atoms with Crippen LogP contribution in [-0.2, 0) is 16.6 Å². The molecule has 0 bridgehead atoms. The molecule has 3 N–H and O–H groups in total. The summed E-state index contributed by atoms with van der Waals surface area (Å²) in [6, 6.07) is 2.93. The maximum atomic E-state index is 12.4. The van der Waals surface area contributed by atoms with Crippen molar-refractivity contribution in [1.82, 2.24) is 9.62 Å². The molecule has 1 saturated heterocycles. The average Bonchev–Trinajstić information content (AvgIpc) is 2.84. The first kappa shape index (κ1) is 17.0. The van der Waals surface area contributed by atoms with E-state index in [1.54, 1.807) is 6.07 Å². The molecule has 0 spiro atoms. The first-order chi connectivity index (χ1) is 9.83. The van der Waals surface area contributed by atoms with Crippen LogP contribution in [-0.4, -0.2) is 40.0 Å². The zero-order valence-electron chi connectivity index (χ0n) is 11.8. The summed E-state index contributed by atoms with van der Waals surface area (Å²) in [6.07, 6.45) is 0.982. The highest BCUT2D eigenvalue weighted by atomic mass is 35.5. The maximum Gasteiger partial charge on any atom is 0.242 e. The van der Waals surface area contributed by atoms with Gasteiger partial charge in [0.2, 0.25) is 10.0 Å². The van der Waals surface area contributed by atoms with E-state index in [-0.39, 0.29) is 16.5 Å². The summed E-state index contributed by atoms with van der Waals surface area (Å²) in [5.41, 5.74) is 6.08. The monoisotopic (exact) mass is 351 g/mol. The van der Waals surface area contributed by atoms with Crippen molar-refractivity contribution < 1.29 is 8.42 Å². The van der Waals surface area contributed by atoms with Crippen LogP contribution in [0.5, 0.6) is 0 Å². The van der Waals surface area contributed by atoms with Crippen LogP contribution in [0.2, 0.25) is 10.0 Å². The fourth-order valence-electron chi connectivity index (χ4n) is 2.46. The highest BCUT2D eigenvalue weighted by Gasteiger charge is 2.24. The number of hydrogen-bond donors (Lipinski definition) is 2. The smallest absolute Gasteiger partial charge is 0.242 e. The zero-order chi connectivity index (χ0) is 15.6. The van der Waals surface area contributed by atoms with Crippen LogP contribution in [0.25, 0.3) is 0 Å². The van der Waals surface area contributed by atoms with Gasteiger partial charge in [0.25, 0.3) is 0 Å². The molecule has 0 radical (unpaired) electrons. The first-order valence-electron chi connectivity index (χ1n) is 6.69. The Hall–Kier alpha value is -0.370. The molecular formula is C13H19Cl2N3O2S. The van der Waals surface area contributed by atoms with Crippen LogP contribution in [0, 0.1) is 5.92 Å². The summed E-state index contributed by atoms with van der Waals surface area (Å²) in [6.45, 7) is 2.41. The largest absolute Gasteiger partial charge is 0.326 e. The van der Waals surface area contributed by atoms with Gasteiger partial charge in [0.05, 0.1) is 5.02 Å². The van der Waals surface area contributed by atoms with Gasteiger partial charge in [-0.2, -0.15) is 0 Å². The lowest BCUT2D eigenvalue weighted by atomic mass is 10.1. The van der Waals surface area contributed by atoms with E-state index < -0.39 is 10.0 Å². The molecule has 8 heteroatoms. The van der Waals surface area contributed by atoms with Gasteiger partial charge in [0, 0.05) is 24.7 Å². The minimum Gasteiger partial charge on any atom is -0.326 e. The Morgan fingerprint density at radius 3 is 2.71 bits per heavy atom. The number of hydrogen-bond acceptors (Lipinski definition) is 4. The quantitative estimate of drug-likeness (QED) is 0.846. The Balaban J connectivity index is 2.17. The van der Waals surface area contributed by atoms with Crippen LogP contribution in [0.4, 0.5) is 0 Å². The molecule has 118 valence electrons. The van der Waals surface area contributed by atoms with E-state index >= 15 is 0 Å². The normalized spacial score (nSPS) is 20.1. The maximum absolute atomic E-state index is 12.4. The summed E-state index contributed by atoms with van der Waals surface area (Å²) in [7, 11) is -1.67. The molecule has 0 amide bonds. The number of rotatable bonds is 5. The molecular weight excluding hydrogens is 333 g/mol. The number of benzene rings is 1. The van der Waals surface area contributed by atoms with E-state index in [4.69, 9.17) is 28.9 Å². The number of nitrogens with one attached hydrogen (secondary N) is 1. The third-order valence-corrected chi connectivity index (χ3v) is 5.86. The minimum absolute atomic E-state index is 0.0107. The van der Waals surface area contributed by atoms with Gasteiger partial charge in [0.15, 0.2) is 0 Å². The number of sulfonamides is 1. The summed E-state index contributed by atoms with van der Waals surface area (Å²) < 4.78 is 27.4. The lowest BCUT2D eigenvalue weighted by molar-refractivity contribution is 0.394. The molecule has 1 aliphatic heterocycles. The zero-order valence-corrected chi connectivity index (χ0v) is 14.1. The Bertz CT molecular complexity index is 622. The number of likely N-dealkylation sites (tertiary alicyclic amines) is 1. The van der Waals surface area contributed by atoms with E-state index in [0.29, 0.717) is 23.0 Å². The Morgan fingerprint density at radius 1 is 1.43 bits per heavy atom. The van der Waals surface area contributed by atoms with Crippen molar-refractivity contribution in [1.29, 1.82) is 0 Å². The molecule has 2 rings (SSSR count). The summed E-state index contributed by atoms with van der Waals surface area (Å²) in [4.78, 5) is 2.17. The van der Waals surface area contributed by atoms with E-state index in [0.717, 1.165) is 19.5 Å². The molecule has 1 aromatic rings. The van der Waals surface area contributed by atoms with Crippen molar-refractivity contribution in [2.75, 3.05) is 26.7 Å². The van der Waals surface area contributed by atoms with Gasteiger partial charge in [-0.05, 0) is 43.6 Å². The van der Waals surface area contributed by atoms with Crippen molar-refractivity contribution in [3.05, 3.63) is 27.7 Å². The van der Waals surface area contributed by atoms with E-state index in [2.05, 4.69) is 9.62 Å². The van der Waals surface area contributed by atoms with Gasteiger partial charge in [-0.15, -0.1) is 0 Å². The van der Waals surface area contributed by atoms with Crippen molar-refractivity contribution in [3.8, 4) is 0 Å². The first-order valence-corrected chi connectivity index (χ1v) is 8.93. The molecule has 21 heavy (non-hydrogen) atoms. The Kier molecular flexibility index (Phi) is 5.51. The molecule has 0 aromatic heterocycles. The second-order valence-corrected chi connectivity index (χ2v) is 7.90. The Labute approximate surface area is 135 Å². The second-order valence-electron chi connectivity index (χ2n) is 5.35. The Morgan fingerprint density at radius 2 is 2.14 bits per heavy atom. The predicted molar refractivity (Wildman–Crippen MR) is 85.1 cm³/mol.